The molecule has 1 N–H and O–H groups in total. The molecule has 1 aliphatic heterocycles. The Morgan fingerprint density at radius 2 is 2.00 bits per heavy atom. The highest BCUT2D eigenvalue weighted by molar-refractivity contribution is 5.95. The Hall–Kier alpha value is -2.14. The number of nitrogens with zero attached hydrogens (tertiary/aromatic N) is 3. The highest BCUT2D eigenvalue weighted by atomic mass is 16.1. The maximum absolute atomic E-state index is 13.0. The number of piperidine rings is 1. The molecule has 1 unspecified atom stereocenters. The topological polar surface area (TPSA) is 50.2 Å². The zero-order chi connectivity index (χ0) is 19.5. The van der Waals surface area contributed by atoms with Crippen molar-refractivity contribution in [1.82, 2.24) is 20.0 Å². The van der Waals surface area contributed by atoms with Crippen LogP contribution in [-0.2, 0) is 0 Å². The standard InChI is InChI=1S/C23H32N4O/c1-17(2)15-26-12-6-7-18(16-26)13-24-23(28)21-14-25-27(22(21)19-10-11-19)20-8-4-3-5-9-20/h3-5,8-9,14,17-19H,6-7,10-13,15-16H2,1-2H3,(H,24,28). The first-order valence-electron chi connectivity index (χ1n) is 10.8. The van der Waals surface area contributed by atoms with Crippen molar-refractivity contribution in [2.45, 2.75) is 45.4 Å². The van der Waals surface area contributed by atoms with Crippen molar-refractivity contribution in [2.24, 2.45) is 11.8 Å². The minimum absolute atomic E-state index is 0.0325. The average Bonchev–Trinajstić information content (AvgIpc) is 3.44. The number of hydrogen-bond acceptors (Lipinski definition) is 3. The summed E-state index contributed by atoms with van der Waals surface area (Å²) in [5.41, 5.74) is 2.86. The van der Waals surface area contributed by atoms with Gasteiger partial charge in [-0.15, -0.1) is 0 Å². The zero-order valence-corrected chi connectivity index (χ0v) is 17.1. The van der Waals surface area contributed by atoms with E-state index in [4.69, 9.17) is 0 Å². The van der Waals surface area contributed by atoms with E-state index in [0.29, 0.717) is 17.8 Å². The van der Waals surface area contributed by atoms with Gasteiger partial charge in [0, 0.05) is 25.6 Å². The molecule has 0 radical (unpaired) electrons. The summed E-state index contributed by atoms with van der Waals surface area (Å²) < 4.78 is 1.96. The van der Waals surface area contributed by atoms with Crippen LogP contribution in [0, 0.1) is 11.8 Å². The van der Waals surface area contributed by atoms with Gasteiger partial charge >= 0.3 is 0 Å². The zero-order valence-electron chi connectivity index (χ0n) is 17.1. The SMILES string of the molecule is CC(C)CN1CCCC(CNC(=O)c2cnn(-c3ccccc3)c2C2CC2)C1. The molecule has 2 fully saturated rings. The largest absolute Gasteiger partial charge is 0.352 e. The van der Waals surface area contributed by atoms with Crippen molar-refractivity contribution in [2.75, 3.05) is 26.2 Å². The molecule has 1 amide bonds. The molecule has 150 valence electrons. The van der Waals surface area contributed by atoms with E-state index in [-0.39, 0.29) is 5.91 Å². The van der Waals surface area contributed by atoms with Gasteiger partial charge in [-0.1, -0.05) is 32.0 Å². The maximum atomic E-state index is 13.0. The molecule has 0 bridgehead atoms. The number of aromatic nitrogens is 2. The van der Waals surface area contributed by atoms with Crippen molar-refractivity contribution in [3.63, 3.8) is 0 Å². The minimum Gasteiger partial charge on any atom is -0.352 e. The minimum atomic E-state index is 0.0325. The number of likely N-dealkylation sites (tertiary alicyclic amines) is 1. The van der Waals surface area contributed by atoms with Crippen LogP contribution in [-0.4, -0.2) is 46.8 Å². The lowest BCUT2D eigenvalue weighted by molar-refractivity contribution is 0.0928. The van der Waals surface area contributed by atoms with Gasteiger partial charge in [0.15, 0.2) is 0 Å². The van der Waals surface area contributed by atoms with Crippen molar-refractivity contribution < 1.29 is 4.79 Å². The average molecular weight is 381 g/mol. The van der Waals surface area contributed by atoms with Gasteiger partial charge in [-0.05, 0) is 56.2 Å². The smallest absolute Gasteiger partial charge is 0.254 e. The normalized spacial score (nSPS) is 20.5. The number of amides is 1. The van der Waals surface area contributed by atoms with E-state index in [1.54, 1.807) is 6.20 Å². The molecule has 1 aliphatic carbocycles. The van der Waals surface area contributed by atoms with Gasteiger partial charge in [0.25, 0.3) is 5.91 Å². The molecular formula is C23H32N4O. The van der Waals surface area contributed by atoms with Crippen LogP contribution in [0.3, 0.4) is 0 Å². The molecule has 5 heteroatoms. The van der Waals surface area contributed by atoms with Gasteiger partial charge in [0.05, 0.1) is 23.1 Å². The van der Waals surface area contributed by atoms with Gasteiger partial charge < -0.3 is 10.2 Å². The molecule has 2 aliphatic rings. The van der Waals surface area contributed by atoms with E-state index in [2.05, 4.69) is 29.2 Å². The third-order valence-electron chi connectivity index (χ3n) is 5.79. The number of para-hydroxylation sites is 1. The van der Waals surface area contributed by atoms with Crippen LogP contribution in [0.1, 0.15) is 61.5 Å². The second kappa shape index (κ2) is 8.48. The molecule has 1 aromatic carbocycles. The highest BCUT2D eigenvalue weighted by Gasteiger charge is 2.33. The monoisotopic (exact) mass is 380 g/mol. The van der Waals surface area contributed by atoms with Gasteiger partial charge in [-0.2, -0.15) is 5.10 Å². The second-order valence-electron chi connectivity index (χ2n) is 8.84. The van der Waals surface area contributed by atoms with Gasteiger partial charge in [0.1, 0.15) is 0 Å². The van der Waals surface area contributed by atoms with E-state index in [0.717, 1.165) is 49.4 Å². The summed E-state index contributed by atoms with van der Waals surface area (Å²) in [7, 11) is 0. The van der Waals surface area contributed by atoms with E-state index in [1.807, 2.05) is 35.0 Å². The van der Waals surface area contributed by atoms with Crippen LogP contribution in [0.15, 0.2) is 36.5 Å². The number of nitrogens with one attached hydrogen (secondary N) is 1. The number of carbonyl (C=O) groups excluding carboxylic acids is 1. The van der Waals surface area contributed by atoms with Crippen molar-refractivity contribution in [3.05, 3.63) is 47.8 Å². The van der Waals surface area contributed by atoms with Crippen LogP contribution < -0.4 is 5.32 Å². The van der Waals surface area contributed by atoms with Crippen LogP contribution in [0.25, 0.3) is 5.69 Å². The molecule has 1 saturated carbocycles. The molecule has 5 nitrogen and oxygen atoms in total. The molecule has 1 aromatic heterocycles. The Morgan fingerprint density at radius 3 is 2.71 bits per heavy atom. The Morgan fingerprint density at radius 1 is 1.21 bits per heavy atom. The molecule has 2 aromatic rings. The Bertz CT molecular complexity index is 794. The molecule has 28 heavy (non-hydrogen) atoms. The first-order valence-corrected chi connectivity index (χ1v) is 10.8. The summed E-state index contributed by atoms with van der Waals surface area (Å²) in [6, 6.07) is 10.1. The van der Waals surface area contributed by atoms with Gasteiger partial charge in [-0.3, -0.25) is 4.79 Å². The quantitative estimate of drug-likeness (QED) is 0.794. The fraction of sp³-hybridized carbons (Fsp3) is 0.565. The van der Waals surface area contributed by atoms with Crippen molar-refractivity contribution >= 4 is 5.91 Å². The molecular weight excluding hydrogens is 348 g/mol. The van der Waals surface area contributed by atoms with Crippen LogP contribution >= 0.6 is 0 Å². The molecule has 0 spiro atoms. The van der Waals surface area contributed by atoms with E-state index in [1.165, 1.54) is 19.4 Å². The Labute approximate surface area is 168 Å². The molecule has 2 heterocycles. The third-order valence-corrected chi connectivity index (χ3v) is 5.79. The number of rotatable bonds is 7. The van der Waals surface area contributed by atoms with Crippen LogP contribution in [0.2, 0.25) is 0 Å². The number of benzene rings is 1. The summed E-state index contributed by atoms with van der Waals surface area (Å²) in [6.45, 7) is 8.74. The predicted molar refractivity (Wildman–Crippen MR) is 112 cm³/mol. The van der Waals surface area contributed by atoms with Crippen LogP contribution in [0.5, 0.6) is 0 Å². The second-order valence-corrected chi connectivity index (χ2v) is 8.84. The van der Waals surface area contributed by atoms with E-state index >= 15 is 0 Å². The first kappa shape index (κ1) is 19.2. The lowest BCUT2D eigenvalue weighted by atomic mass is 9.97. The maximum Gasteiger partial charge on any atom is 0.254 e. The summed E-state index contributed by atoms with van der Waals surface area (Å²) in [4.78, 5) is 15.5. The fourth-order valence-corrected chi connectivity index (χ4v) is 4.39. The van der Waals surface area contributed by atoms with Crippen molar-refractivity contribution in [3.8, 4) is 5.69 Å². The Balaban J connectivity index is 1.42. The van der Waals surface area contributed by atoms with Gasteiger partial charge in [0.2, 0.25) is 0 Å². The third kappa shape index (κ3) is 4.46. The first-order chi connectivity index (χ1) is 13.6. The summed E-state index contributed by atoms with van der Waals surface area (Å²) >= 11 is 0. The predicted octanol–water partition coefficient (Wildman–Crippen LogP) is 3.85. The van der Waals surface area contributed by atoms with Crippen LogP contribution in [0.4, 0.5) is 0 Å². The summed E-state index contributed by atoms with van der Waals surface area (Å²) in [5, 5.41) is 7.77. The summed E-state index contributed by atoms with van der Waals surface area (Å²) in [6.07, 6.45) is 6.47. The number of carbonyl (C=O) groups is 1. The molecule has 4 rings (SSSR count). The molecule has 1 saturated heterocycles. The van der Waals surface area contributed by atoms with E-state index in [9.17, 15) is 4.79 Å². The summed E-state index contributed by atoms with van der Waals surface area (Å²) in [5.74, 6) is 1.73. The van der Waals surface area contributed by atoms with Gasteiger partial charge in [-0.25, -0.2) is 4.68 Å². The lowest BCUT2D eigenvalue weighted by Crippen LogP contribution is -2.42. The molecule has 1 atom stereocenters. The van der Waals surface area contributed by atoms with E-state index < -0.39 is 0 Å². The number of hydrogen-bond donors (Lipinski definition) is 1. The lowest BCUT2D eigenvalue weighted by Gasteiger charge is -2.33. The van der Waals surface area contributed by atoms with Crippen molar-refractivity contribution in [1.29, 1.82) is 0 Å². The highest BCUT2D eigenvalue weighted by Crippen LogP contribution is 2.42. The fourth-order valence-electron chi connectivity index (χ4n) is 4.39. The Kier molecular flexibility index (Phi) is 5.81.